The lowest BCUT2D eigenvalue weighted by Gasteiger charge is -2.30. The lowest BCUT2D eigenvalue weighted by Crippen LogP contribution is -2.47. The molecule has 1 aromatic carbocycles. The molecule has 1 saturated heterocycles. The first-order valence-corrected chi connectivity index (χ1v) is 6.93. The molecule has 5 heteroatoms. The van der Waals surface area contributed by atoms with Crippen molar-refractivity contribution in [3.63, 3.8) is 0 Å². The van der Waals surface area contributed by atoms with E-state index < -0.39 is 6.04 Å². The SMILES string of the molecule is CCC(=O)N[C@H](C(=O)N1CCOCC1)c1ccccc1. The zero-order valence-electron chi connectivity index (χ0n) is 11.7. The van der Waals surface area contributed by atoms with Gasteiger partial charge in [-0.15, -0.1) is 0 Å². The van der Waals surface area contributed by atoms with E-state index in [0.717, 1.165) is 5.56 Å². The molecule has 1 aromatic rings. The first kappa shape index (κ1) is 14.5. The number of amides is 2. The van der Waals surface area contributed by atoms with Gasteiger partial charge in [-0.1, -0.05) is 37.3 Å². The van der Waals surface area contributed by atoms with Crippen LogP contribution in [0.3, 0.4) is 0 Å². The molecule has 1 atom stereocenters. The summed E-state index contributed by atoms with van der Waals surface area (Å²) in [5, 5.41) is 2.81. The molecule has 1 fully saturated rings. The Bertz CT molecular complexity index is 455. The summed E-state index contributed by atoms with van der Waals surface area (Å²) in [7, 11) is 0. The molecule has 0 bridgehead atoms. The average molecular weight is 276 g/mol. The highest BCUT2D eigenvalue weighted by Crippen LogP contribution is 2.17. The number of carbonyl (C=O) groups excluding carboxylic acids is 2. The Labute approximate surface area is 118 Å². The number of hydrogen-bond acceptors (Lipinski definition) is 3. The first-order valence-electron chi connectivity index (χ1n) is 6.93. The lowest BCUT2D eigenvalue weighted by atomic mass is 10.0. The van der Waals surface area contributed by atoms with Crippen LogP contribution in [0.25, 0.3) is 0 Å². The summed E-state index contributed by atoms with van der Waals surface area (Å²) in [5.74, 6) is -0.193. The second-order valence-corrected chi connectivity index (χ2v) is 4.70. The maximum absolute atomic E-state index is 12.6. The normalized spacial score (nSPS) is 16.6. The molecule has 108 valence electrons. The Morgan fingerprint density at radius 1 is 1.25 bits per heavy atom. The minimum absolute atomic E-state index is 0.0682. The molecule has 1 aliphatic rings. The maximum atomic E-state index is 12.6. The Balaban J connectivity index is 2.17. The van der Waals surface area contributed by atoms with E-state index in [1.54, 1.807) is 11.8 Å². The van der Waals surface area contributed by atoms with Crippen molar-refractivity contribution in [2.75, 3.05) is 26.3 Å². The van der Waals surface area contributed by atoms with Crippen molar-refractivity contribution in [1.82, 2.24) is 10.2 Å². The topological polar surface area (TPSA) is 58.6 Å². The molecule has 2 rings (SSSR count). The Hall–Kier alpha value is -1.88. The number of carbonyl (C=O) groups is 2. The van der Waals surface area contributed by atoms with Gasteiger partial charge in [0.2, 0.25) is 11.8 Å². The average Bonchev–Trinajstić information content (AvgIpc) is 2.53. The van der Waals surface area contributed by atoms with E-state index in [4.69, 9.17) is 4.74 Å². The Morgan fingerprint density at radius 2 is 1.90 bits per heavy atom. The number of rotatable bonds is 4. The quantitative estimate of drug-likeness (QED) is 0.896. The van der Waals surface area contributed by atoms with Crippen LogP contribution in [-0.2, 0) is 14.3 Å². The second kappa shape index (κ2) is 7.05. The van der Waals surface area contributed by atoms with Crippen molar-refractivity contribution >= 4 is 11.8 Å². The van der Waals surface area contributed by atoms with Crippen LogP contribution < -0.4 is 5.32 Å². The zero-order valence-corrected chi connectivity index (χ0v) is 11.7. The molecular formula is C15H20N2O3. The van der Waals surface area contributed by atoms with Gasteiger partial charge in [0.1, 0.15) is 6.04 Å². The fourth-order valence-electron chi connectivity index (χ4n) is 2.16. The van der Waals surface area contributed by atoms with Gasteiger partial charge in [0.25, 0.3) is 0 Å². The molecule has 1 N–H and O–H groups in total. The van der Waals surface area contributed by atoms with Gasteiger partial charge < -0.3 is 15.0 Å². The van der Waals surface area contributed by atoms with Gasteiger partial charge in [0.15, 0.2) is 0 Å². The molecular weight excluding hydrogens is 256 g/mol. The summed E-state index contributed by atoms with van der Waals surface area (Å²) >= 11 is 0. The van der Waals surface area contributed by atoms with E-state index in [0.29, 0.717) is 32.7 Å². The second-order valence-electron chi connectivity index (χ2n) is 4.70. The largest absolute Gasteiger partial charge is 0.378 e. The van der Waals surface area contributed by atoms with Gasteiger partial charge in [0, 0.05) is 19.5 Å². The van der Waals surface area contributed by atoms with E-state index in [-0.39, 0.29) is 11.8 Å². The van der Waals surface area contributed by atoms with Crippen molar-refractivity contribution in [2.45, 2.75) is 19.4 Å². The van der Waals surface area contributed by atoms with Gasteiger partial charge in [-0.3, -0.25) is 9.59 Å². The van der Waals surface area contributed by atoms with E-state index >= 15 is 0 Å². The van der Waals surface area contributed by atoms with E-state index in [2.05, 4.69) is 5.32 Å². The predicted octanol–water partition coefficient (Wildman–Crippen LogP) is 1.11. The number of nitrogens with one attached hydrogen (secondary N) is 1. The lowest BCUT2D eigenvalue weighted by molar-refractivity contribution is -0.140. The first-order chi connectivity index (χ1) is 9.72. The summed E-state index contributed by atoms with van der Waals surface area (Å²) in [6, 6.07) is 8.74. The third-order valence-electron chi connectivity index (χ3n) is 3.33. The van der Waals surface area contributed by atoms with Crippen LogP contribution in [-0.4, -0.2) is 43.0 Å². The van der Waals surface area contributed by atoms with Gasteiger partial charge in [-0.2, -0.15) is 0 Å². The van der Waals surface area contributed by atoms with Gasteiger partial charge in [-0.25, -0.2) is 0 Å². The Kier molecular flexibility index (Phi) is 5.12. The molecule has 1 heterocycles. The Morgan fingerprint density at radius 3 is 2.50 bits per heavy atom. The van der Waals surface area contributed by atoms with Crippen molar-refractivity contribution in [2.24, 2.45) is 0 Å². The monoisotopic (exact) mass is 276 g/mol. The molecule has 0 unspecified atom stereocenters. The molecule has 0 aliphatic carbocycles. The zero-order chi connectivity index (χ0) is 14.4. The molecule has 2 amide bonds. The van der Waals surface area contributed by atoms with E-state index in [1.807, 2.05) is 30.3 Å². The molecule has 1 aliphatic heterocycles. The van der Waals surface area contributed by atoms with Crippen molar-refractivity contribution in [1.29, 1.82) is 0 Å². The number of hydrogen-bond donors (Lipinski definition) is 1. The number of benzene rings is 1. The van der Waals surface area contributed by atoms with E-state index in [9.17, 15) is 9.59 Å². The number of morpholine rings is 1. The van der Waals surface area contributed by atoms with Crippen LogP contribution in [0.15, 0.2) is 30.3 Å². The predicted molar refractivity (Wildman–Crippen MR) is 75.0 cm³/mol. The molecule has 0 radical (unpaired) electrons. The highest BCUT2D eigenvalue weighted by Gasteiger charge is 2.28. The summed E-state index contributed by atoms with van der Waals surface area (Å²) in [6.45, 7) is 4.02. The summed E-state index contributed by atoms with van der Waals surface area (Å²) in [4.78, 5) is 26.0. The summed E-state index contributed by atoms with van der Waals surface area (Å²) in [6.07, 6.45) is 0.361. The molecule has 5 nitrogen and oxygen atoms in total. The van der Waals surface area contributed by atoms with E-state index in [1.165, 1.54) is 0 Å². The van der Waals surface area contributed by atoms with Gasteiger partial charge in [0.05, 0.1) is 13.2 Å². The van der Waals surface area contributed by atoms with Crippen LogP contribution >= 0.6 is 0 Å². The van der Waals surface area contributed by atoms with Crippen molar-refractivity contribution in [3.8, 4) is 0 Å². The highest BCUT2D eigenvalue weighted by molar-refractivity contribution is 5.88. The van der Waals surface area contributed by atoms with Crippen LogP contribution in [0, 0.1) is 0 Å². The number of ether oxygens (including phenoxy) is 1. The van der Waals surface area contributed by atoms with Crippen LogP contribution in [0.5, 0.6) is 0 Å². The molecule has 0 spiro atoms. The van der Waals surface area contributed by atoms with Gasteiger partial charge in [-0.05, 0) is 5.56 Å². The van der Waals surface area contributed by atoms with Gasteiger partial charge >= 0.3 is 0 Å². The summed E-state index contributed by atoms with van der Waals surface area (Å²) < 4.78 is 5.26. The fourth-order valence-corrected chi connectivity index (χ4v) is 2.16. The molecule has 0 aromatic heterocycles. The highest BCUT2D eigenvalue weighted by atomic mass is 16.5. The summed E-state index contributed by atoms with van der Waals surface area (Å²) in [5.41, 5.74) is 0.811. The fraction of sp³-hybridized carbons (Fsp3) is 0.467. The molecule has 0 saturated carbocycles. The van der Waals surface area contributed by atoms with Crippen LogP contribution in [0.4, 0.5) is 0 Å². The maximum Gasteiger partial charge on any atom is 0.249 e. The van der Waals surface area contributed by atoms with Crippen LogP contribution in [0.2, 0.25) is 0 Å². The van der Waals surface area contributed by atoms with Crippen molar-refractivity contribution in [3.05, 3.63) is 35.9 Å². The van der Waals surface area contributed by atoms with Crippen molar-refractivity contribution < 1.29 is 14.3 Å². The standard InChI is InChI=1S/C15H20N2O3/c1-2-13(18)16-14(12-6-4-3-5-7-12)15(19)17-8-10-20-11-9-17/h3-7,14H,2,8-11H2,1H3,(H,16,18)/t14-/m0/s1. The third kappa shape index (κ3) is 3.57. The minimum Gasteiger partial charge on any atom is -0.378 e. The smallest absolute Gasteiger partial charge is 0.249 e. The minimum atomic E-state index is -0.609. The third-order valence-corrected chi connectivity index (χ3v) is 3.33. The molecule has 20 heavy (non-hydrogen) atoms. The van der Waals surface area contributed by atoms with Crippen LogP contribution in [0.1, 0.15) is 24.9 Å². The number of nitrogens with zero attached hydrogens (tertiary/aromatic N) is 1.